The minimum Gasteiger partial charge on any atom is -0.491 e. The molecule has 1 fully saturated rings. The predicted molar refractivity (Wildman–Crippen MR) is 86.3 cm³/mol. The zero-order valence-corrected chi connectivity index (χ0v) is 13.6. The quantitative estimate of drug-likeness (QED) is 0.872. The van der Waals surface area contributed by atoms with Gasteiger partial charge in [0.05, 0.1) is 17.5 Å². The van der Waals surface area contributed by atoms with Crippen molar-refractivity contribution in [3.8, 4) is 5.75 Å². The molecule has 1 atom stereocenters. The van der Waals surface area contributed by atoms with Crippen LogP contribution in [-0.2, 0) is 4.79 Å². The number of rotatable bonds is 6. The number of carboxylic acid groups (broad SMARTS) is 1. The summed E-state index contributed by atoms with van der Waals surface area (Å²) >= 11 is 1.73. The van der Waals surface area contributed by atoms with Gasteiger partial charge < -0.3 is 14.7 Å². The molecule has 0 radical (unpaired) electrons. The van der Waals surface area contributed by atoms with Gasteiger partial charge in [0.25, 0.3) is 0 Å². The lowest BCUT2D eigenvalue weighted by Crippen LogP contribution is -2.40. The van der Waals surface area contributed by atoms with E-state index in [9.17, 15) is 9.59 Å². The third-order valence-corrected chi connectivity index (χ3v) is 4.51. The molecule has 0 aliphatic carbocycles. The van der Waals surface area contributed by atoms with Crippen LogP contribution in [0.3, 0.4) is 0 Å². The SMILES string of the molecule is CC(C)CC(=O)N1CSC[C@H]1COc1ccc(C(=O)O)cc1. The molecule has 22 heavy (non-hydrogen) atoms. The zero-order chi connectivity index (χ0) is 16.1. The zero-order valence-electron chi connectivity index (χ0n) is 12.8. The van der Waals surface area contributed by atoms with Crippen LogP contribution in [0, 0.1) is 5.92 Å². The second-order valence-corrected chi connectivity index (χ2v) is 6.76. The number of carbonyl (C=O) groups is 2. The molecule has 0 aromatic heterocycles. The fraction of sp³-hybridized carbons (Fsp3) is 0.500. The van der Waals surface area contributed by atoms with E-state index in [1.54, 1.807) is 23.9 Å². The number of carbonyl (C=O) groups excluding carboxylic acids is 1. The average Bonchev–Trinajstić information content (AvgIpc) is 2.93. The largest absolute Gasteiger partial charge is 0.491 e. The molecule has 0 saturated carbocycles. The molecule has 0 spiro atoms. The highest BCUT2D eigenvalue weighted by Crippen LogP contribution is 2.24. The van der Waals surface area contributed by atoms with Crippen molar-refractivity contribution in [3.05, 3.63) is 29.8 Å². The Bertz CT molecular complexity index is 529. The van der Waals surface area contributed by atoms with Crippen molar-refractivity contribution in [3.63, 3.8) is 0 Å². The summed E-state index contributed by atoms with van der Waals surface area (Å²) in [4.78, 5) is 24.9. The van der Waals surface area contributed by atoms with Crippen LogP contribution in [0.15, 0.2) is 24.3 Å². The van der Waals surface area contributed by atoms with E-state index < -0.39 is 5.97 Å². The van der Waals surface area contributed by atoms with Crippen molar-refractivity contribution < 1.29 is 19.4 Å². The summed E-state index contributed by atoms with van der Waals surface area (Å²) in [7, 11) is 0. The number of hydrogen-bond donors (Lipinski definition) is 1. The Morgan fingerprint density at radius 3 is 2.64 bits per heavy atom. The lowest BCUT2D eigenvalue weighted by molar-refractivity contribution is -0.132. The number of carboxylic acids is 1. The molecule has 120 valence electrons. The fourth-order valence-corrected chi connectivity index (χ4v) is 3.45. The van der Waals surface area contributed by atoms with E-state index in [1.165, 1.54) is 12.1 Å². The van der Waals surface area contributed by atoms with Gasteiger partial charge in [-0.05, 0) is 30.2 Å². The van der Waals surface area contributed by atoms with Crippen LogP contribution in [0.5, 0.6) is 5.75 Å². The van der Waals surface area contributed by atoms with Crippen molar-refractivity contribution >= 4 is 23.6 Å². The fourth-order valence-electron chi connectivity index (χ4n) is 2.25. The van der Waals surface area contributed by atoms with Gasteiger partial charge in [0, 0.05) is 12.2 Å². The Hall–Kier alpha value is -1.69. The third-order valence-electron chi connectivity index (χ3n) is 3.43. The first-order chi connectivity index (χ1) is 10.5. The Labute approximate surface area is 134 Å². The van der Waals surface area contributed by atoms with Crippen LogP contribution in [0.4, 0.5) is 0 Å². The van der Waals surface area contributed by atoms with E-state index in [0.717, 1.165) is 11.6 Å². The minimum absolute atomic E-state index is 0.0791. The normalized spacial score (nSPS) is 17.8. The van der Waals surface area contributed by atoms with E-state index in [1.807, 2.05) is 18.7 Å². The van der Waals surface area contributed by atoms with Crippen molar-refractivity contribution in [2.24, 2.45) is 5.92 Å². The number of hydrogen-bond acceptors (Lipinski definition) is 4. The highest BCUT2D eigenvalue weighted by Gasteiger charge is 2.29. The molecule has 1 aromatic carbocycles. The van der Waals surface area contributed by atoms with Crippen LogP contribution >= 0.6 is 11.8 Å². The van der Waals surface area contributed by atoms with Gasteiger partial charge in [0.2, 0.25) is 5.91 Å². The second-order valence-electron chi connectivity index (χ2n) is 5.76. The van der Waals surface area contributed by atoms with Crippen LogP contribution in [0.25, 0.3) is 0 Å². The standard InChI is InChI=1S/C16H21NO4S/c1-11(2)7-15(18)17-10-22-9-13(17)8-21-14-5-3-12(4-6-14)16(19)20/h3-6,11,13H,7-10H2,1-2H3,(H,19,20)/t13-/m1/s1. The molecule has 0 bridgehead atoms. The molecular weight excluding hydrogens is 302 g/mol. The van der Waals surface area contributed by atoms with Gasteiger partial charge in [0.1, 0.15) is 12.4 Å². The smallest absolute Gasteiger partial charge is 0.335 e. The summed E-state index contributed by atoms with van der Waals surface area (Å²) in [6.45, 7) is 4.51. The van der Waals surface area contributed by atoms with Gasteiger partial charge >= 0.3 is 5.97 Å². The molecule has 1 N–H and O–H groups in total. The third kappa shape index (κ3) is 4.40. The van der Waals surface area contributed by atoms with Crippen LogP contribution in [0.2, 0.25) is 0 Å². The van der Waals surface area contributed by atoms with Gasteiger partial charge in [-0.2, -0.15) is 0 Å². The number of benzene rings is 1. The van der Waals surface area contributed by atoms with Crippen LogP contribution in [0.1, 0.15) is 30.6 Å². The monoisotopic (exact) mass is 323 g/mol. The highest BCUT2D eigenvalue weighted by atomic mass is 32.2. The minimum atomic E-state index is -0.954. The van der Waals surface area contributed by atoms with Gasteiger partial charge in [0.15, 0.2) is 0 Å². The lowest BCUT2D eigenvalue weighted by atomic mass is 10.1. The van der Waals surface area contributed by atoms with Gasteiger partial charge in [-0.3, -0.25) is 4.79 Å². The second kappa shape index (κ2) is 7.54. The molecule has 1 aliphatic heterocycles. The maximum absolute atomic E-state index is 12.2. The Morgan fingerprint density at radius 2 is 2.05 bits per heavy atom. The number of thioether (sulfide) groups is 1. The van der Waals surface area contributed by atoms with Gasteiger partial charge in [-0.1, -0.05) is 13.8 Å². The van der Waals surface area contributed by atoms with Gasteiger partial charge in [-0.15, -0.1) is 11.8 Å². The Balaban J connectivity index is 1.89. The highest BCUT2D eigenvalue weighted by molar-refractivity contribution is 7.99. The Kier molecular flexibility index (Phi) is 5.71. The van der Waals surface area contributed by atoms with E-state index >= 15 is 0 Å². The topological polar surface area (TPSA) is 66.8 Å². The van der Waals surface area contributed by atoms with Crippen molar-refractivity contribution in [2.45, 2.75) is 26.3 Å². The molecule has 1 saturated heterocycles. The lowest BCUT2D eigenvalue weighted by Gasteiger charge is -2.24. The summed E-state index contributed by atoms with van der Waals surface area (Å²) < 4.78 is 5.71. The summed E-state index contributed by atoms with van der Waals surface area (Å²) in [5.74, 6) is 1.79. The van der Waals surface area contributed by atoms with Crippen molar-refractivity contribution in [1.82, 2.24) is 4.90 Å². The molecule has 5 nitrogen and oxygen atoms in total. The van der Waals surface area contributed by atoms with E-state index in [-0.39, 0.29) is 17.5 Å². The Morgan fingerprint density at radius 1 is 1.36 bits per heavy atom. The molecule has 1 aromatic rings. The van der Waals surface area contributed by atoms with Crippen molar-refractivity contribution in [1.29, 1.82) is 0 Å². The number of nitrogens with zero attached hydrogens (tertiary/aromatic N) is 1. The van der Waals surface area contributed by atoms with Crippen LogP contribution in [-0.4, -0.2) is 46.2 Å². The first kappa shape index (κ1) is 16.7. The van der Waals surface area contributed by atoms with E-state index in [2.05, 4.69) is 0 Å². The average molecular weight is 323 g/mol. The van der Waals surface area contributed by atoms with Crippen LogP contribution < -0.4 is 4.74 Å². The van der Waals surface area contributed by atoms with E-state index in [4.69, 9.17) is 9.84 Å². The molecule has 1 aliphatic rings. The molecular formula is C16H21NO4S. The number of aromatic carboxylic acids is 1. The summed E-state index contributed by atoms with van der Waals surface area (Å²) in [5.41, 5.74) is 0.234. The first-order valence-electron chi connectivity index (χ1n) is 7.30. The molecule has 1 heterocycles. The number of ether oxygens (including phenoxy) is 1. The maximum atomic E-state index is 12.2. The first-order valence-corrected chi connectivity index (χ1v) is 8.46. The van der Waals surface area contributed by atoms with Crippen molar-refractivity contribution in [2.75, 3.05) is 18.2 Å². The summed E-state index contributed by atoms with van der Waals surface area (Å²) in [5, 5.41) is 8.86. The summed E-state index contributed by atoms with van der Waals surface area (Å²) in [6.07, 6.45) is 0.560. The predicted octanol–water partition coefficient (Wildman–Crippen LogP) is 2.71. The van der Waals surface area contributed by atoms with Gasteiger partial charge in [-0.25, -0.2) is 4.79 Å². The maximum Gasteiger partial charge on any atom is 0.335 e. The molecule has 6 heteroatoms. The summed E-state index contributed by atoms with van der Waals surface area (Å²) in [6, 6.07) is 6.40. The number of amides is 1. The van der Waals surface area contributed by atoms with E-state index in [0.29, 0.717) is 24.7 Å². The molecule has 2 rings (SSSR count). The molecule has 1 amide bonds. The molecule has 0 unspecified atom stereocenters.